The first kappa shape index (κ1) is 18.4. The van der Waals surface area contributed by atoms with E-state index in [1.54, 1.807) is 18.3 Å². The van der Waals surface area contributed by atoms with E-state index in [4.69, 9.17) is 9.15 Å². The summed E-state index contributed by atoms with van der Waals surface area (Å²) in [6.45, 7) is 1.67. The summed E-state index contributed by atoms with van der Waals surface area (Å²) in [7, 11) is 0. The minimum absolute atomic E-state index is 0.0609. The lowest BCUT2D eigenvalue weighted by Gasteiger charge is -2.33. The van der Waals surface area contributed by atoms with E-state index < -0.39 is 0 Å². The lowest BCUT2D eigenvalue weighted by Crippen LogP contribution is -2.42. The van der Waals surface area contributed by atoms with Gasteiger partial charge >= 0.3 is 0 Å². The summed E-state index contributed by atoms with van der Waals surface area (Å²) in [5.41, 5.74) is 1.84. The topological polar surface area (TPSA) is 55.6 Å². The van der Waals surface area contributed by atoms with Crippen LogP contribution in [0.4, 0.5) is 4.39 Å². The van der Waals surface area contributed by atoms with Crippen molar-refractivity contribution in [2.24, 2.45) is 0 Å². The molecule has 0 bridgehead atoms. The van der Waals surface area contributed by atoms with Gasteiger partial charge in [0, 0.05) is 24.9 Å². The van der Waals surface area contributed by atoms with Crippen LogP contribution in [-0.4, -0.2) is 35.5 Å². The van der Waals surface area contributed by atoms with Crippen molar-refractivity contribution in [1.29, 1.82) is 0 Å². The predicted molar refractivity (Wildman–Crippen MR) is 102 cm³/mol. The Morgan fingerprint density at radius 2 is 1.93 bits per heavy atom. The number of hydrogen-bond acceptors (Lipinski definition) is 4. The molecule has 0 radical (unpaired) electrons. The fraction of sp³-hybridized carbons (Fsp3) is 0.273. The SMILES string of the molecule is O=C(CCc1ncc(-c2ccc(F)cc2)o1)N1CCOC(c2ccccc2)C1. The first-order chi connectivity index (χ1) is 13.7. The molecule has 1 unspecified atom stereocenters. The number of rotatable bonds is 5. The molecule has 2 heterocycles. The molecule has 1 amide bonds. The first-order valence-electron chi connectivity index (χ1n) is 9.34. The average molecular weight is 380 g/mol. The van der Waals surface area contributed by atoms with Gasteiger partial charge in [0.15, 0.2) is 11.7 Å². The fourth-order valence-corrected chi connectivity index (χ4v) is 3.29. The van der Waals surface area contributed by atoms with Gasteiger partial charge in [0.2, 0.25) is 5.91 Å². The van der Waals surface area contributed by atoms with Crippen molar-refractivity contribution in [3.8, 4) is 11.3 Å². The van der Waals surface area contributed by atoms with E-state index in [1.807, 2.05) is 35.2 Å². The van der Waals surface area contributed by atoms with Crippen LogP contribution in [0.3, 0.4) is 0 Å². The minimum Gasteiger partial charge on any atom is -0.441 e. The number of benzene rings is 2. The van der Waals surface area contributed by atoms with Gasteiger partial charge in [-0.1, -0.05) is 30.3 Å². The Morgan fingerprint density at radius 1 is 1.14 bits per heavy atom. The van der Waals surface area contributed by atoms with E-state index >= 15 is 0 Å². The molecule has 6 heteroatoms. The average Bonchev–Trinajstić information content (AvgIpc) is 3.22. The van der Waals surface area contributed by atoms with E-state index in [1.165, 1.54) is 12.1 Å². The largest absolute Gasteiger partial charge is 0.441 e. The summed E-state index contributed by atoms with van der Waals surface area (Å²) in [6, 6.07) is 16.0. The van der Waals surface area contributed by atoms with Crippen LogP contribution in [0.2, 0.25) is 0 Å². The zero-order valence-corrected chi connectivity index (χ0v) is 15.4. The van der Waals surface area contributed by atoms with Crippen LogP contribution in [0, 0.1) is 5.82 Å². The molecule has 1 aromatic heterocycles. The van der Waals surface area contributed by atoms with Gasteiger partial charge in [-0.2, -0.15) is 0 Å². The highest BCUT2D eigenvalue weighted by Gasteiger charge is 2.25. The number of halogens is 1. The number of hydrogen-bond donors (Lipinski definition) is 0. The number of oxazole rings is 1. The third-order valence-corrected chi connectivity index (χ3v) is 4.83. The molecule has 5 nitrogen and oxygen atoms in total. The quantitative estimate of drug-likeness (QED) is 0.671. The van der Waals surface area contributed by atoms with E-state index in [0.717, 1.165) is 11.1 Å². The summed E-state index contributed by atoms with van der Waals surface area (Å²) < 4.78 is 24.6. The van der Waals surface area contributed by atoms with Crippen LogP contribution in [0.1, 0.15) is 24.0 Å². The van der Waals surface area contributed by atoms with Gasteiger partial charge in [-0.3, -0.25) is 4.79 Å². The Morgan fingerprint density at radius 3 is 2.71 bits per heavy atom. The number of carbonyl (C=O) groups is 1. The molecule has 28 heavy (non-hydrogen) atoms. The second kappa shape index (κ2) is 8.35. The van der Waals surface area contributed by atoms with Crippen LogP contribution >= 0.6 is 0 Å². The molecule has 1 fully saturated rings. The summed E-state index contributed by atoms with van der Waals surface area (Å²) in [4.78, 5) is 18.7. The summed E-state index contributed by atoms with van der Waals surface area (Å²) >= 11 is 0. The smallest absolute Gasteiger partial charge is 0.223 e. The number of nitrogens with zero attached hydrogens (tertiary/aromatic N) is 2. The van der Waals surface area contributed by atoms with Crippen LogP contribution in [0.25, 0.3) is 11.3 Å². The maximum absolute atomic E-state index is 13.0. The number of carbonyl (C=O) groups excluding carboxylic acids is 1. The lowest BCUT2D eigenvalue weighted by atomic mass is 10.1. The highest BCUT2D eigenvalue weighted by molar-refractivity contribution is 5.76. The molecule has 1 aliphatic heterocycles. The van der Waals surface area contributed by atoms with E-state index in [9.17, 15) is 9.18 Å². The Bertz CT molecular complexity index is 924. The van der Waals surface area contributed by atoms with Gasteiger partial charge in [-0.15, -0.1) is 0 Å². The minimum atomic E-state index is -0.298. The number of aromatic nitrogens is 1. The highest BCUT2D eigenvalue weighted by Crippen LogP contribution is 2.24. The fourth-order valence-electron chi connectivity index (χ4n) is 3.29. The molecule has 0 aliphatic carbocycles. The third kappa shape index (κ3) is 4.28. The van der Waals surface area contributed by atoms with Crippen LogP contribution < -0.4 is 0 Å². The van der Waals surface area contributed by atoms with E-state index in [-0.39, 0.29) is 17.8 Å². The van der Waals surface area contributed by atoms with Crippen molar-refractivity contribution in [3.05, 3.63) is 78.1 Å². The first-order valence-corrected chi connectivity index (χ1v) is 9.34. The van der Waals surface area contributed by atoms with Crippen LogP contribution in [-0.2, 0) is 16.0 Å². The molecular formula is C22H21FN2O3. The van der Waals surface area contributed by atoms with Gasteiger partial charge in [-0.05, 0) is 29.8 Å². The maximum Gasteiger partial charge on any atom is 0.223 e. The molecule has 4 rings (SSSR count). The number of amides is 1. The standard InChI is InChI=1S/C22H21FN2O3/c23-18-8-6-17(7-9-18)19-14-24-21(28-19)10-11-22(26)25-12-13-27-20(15-25)16-4-2-1-3-5-16/h1-9,14,20H,10-13,15H2. The van der Waals surface area contributed by atoms with Gasteiger partial charge in [0.25, 0.3) is 0 Å². The molecule has 144 valence electrons. The Kier molecular flexibility index (Phi) is 5.48. The summed E-state index contributed by atoms with van der Waals surface area (Å²) in [5.74, 6) is 0.831. The van der Waals surface area contributed by atoms with E-state index in [2.05, 4.69) is 4.98 Å². The Balaban J connectivity index is 1.33. The summed E-state index contributed by atoms with van der Waals surface area (Å²) in [5, 5.41) is 0. The molecule has 3 aromatic rings. The number of ether oxygens (including phenoxy) is 1. The normalized spacial score (nSPS) is 16.9. The molecule has 0 spiro atoms. The zero-order chi connectivity index (χ0) is 19.3. The van der Waals surface area contributed by atoms with Crippen molar-refractivity contribution in [2.75, 3.05) is 19.7 Å². The second-order valence-corrected chi connectivity index (χ2v) is 6.74. The molecule has 0 saturated carbocycles. The van der Waals surface area contributed by atoms with Crippen molar-refractivity contribution < 1.29 is 18.3 Å². The number of morpholine rings is 1. The van der Waals surface area contributed by atoms with Crippen molar-refractivity contribution in [2.45, 2.75) is 18.9 Å². The third-order valence-electron chi connectivity index (χ3n) is 4.83. The molecule has 2 aromatic carbocycles. The van der Waals surface area contributed by atoms with Gasteiger partial charge < -0.3 is 14.1 Å². The van der Waals surface area contributed by atoms with Crippen LogP contribution in [0.15, 0.2) is 65.2 Å². The molecule has 1 saturated heterocycles. The molecular weight excluding hydrogens is 359 g/mol. The molecule has 1 aliphatic rings. The van der Waals surface area contributed by atoms with Gasteiger partial charge in [0.1, 0.15) is 11.9 Å². The zero-order valence-electron chi connectivity index (χ0n) is 15.4. The Hall–Kier alpha value is -2.99. The molecule has 0 N–H and O–H groups in total. The van der Waals surface area contributed by atoms with Crippen molar-refractivity contribution in [1.82, 2.24) is 9.88 Å². The lowest BCUT2D eigenvalue weighted by molar-refractivity contribution is -0.139. The highest BCUT2D eigenvalue weighted by atomic mass is 19.1. The predicted octanol–water partition coefficient (Wildman–Crippen LogP) is 4.01. The van der Waals surface area contributed by atoms with Crippen molar-refractivity contribution >= 4 is 5.91 Å². The summed E-state index contributed by atoms with van der Waals surface area (Å²) in [6.07, 6.45) is 2.26. The van der Waals surface area contributed by atoms with Crippen molar-refractivity contribution in [3.63, 3.8) is 0 Å². The maximum atomic E-state index is 13.0. The monoisotopic (exact) mass is 380 g/mol. The molecule has 1 atom stereocenters. The number of aryl methyl sites for hydroxylation is 1. The van der Waals surface area contributed by atoms with Gasteiger partial charge in [-0.25, -0.2) is 9.37 Å². The van der Waals surface area contributed by atoms with Crippen LogP contribution in [0.5, 0.6) is 0 Å². The van der Waals surface area contributed by atoms with Gasteiger partial charge in [0.05, 0.1) is 19.3 Å². The van der Waals surface area contributed by atoms with E-state index in [0.29, 0.717) is 44.2 Å². The Labute approximate surface area is 162 Å². The second-order valence-electron chi connectivity index (χ2n) is 6.74.